The number of H-pyrrole nitrogens is 1. The fraction of sp³-hybridized carbons (Fsp3) is 0.400. The molecule has 0 spiro atoms. The molecule has 1 aromatic heterocycles. The van der Waals surface area contributed by atoms with Gasteiger partial charge in [0, 0.05) is 6.07 Å². The number of thioether (sulfide) groups is 1. The van der Waals surface area contributed by atoms with E-state index in [2.05, 4.69) is 20.8 Å². The summed E-state index contributed by atoms with van der Waals surface area (Å²) in [6, 6.07) is -0.430. The average molecular weight is 301 g/mol. The number of primary amides is 1. The van der Waals surface area contributed by atoms with Gasteiger partial charge < -0.3 is 21.5 Å². The summed E-state index contributed by atoms with van der Waals surface area (Å²) in [6.45, 7) is 0. The molecule has 1 unspecified atom stereocenters. The molecular weight excluding hydrogens is 286 g/mol. The zero-order chi connectivity index (χ0) is 15.1. The molecule has 0 aliphatic rings. The number of hydrogen-bond donors (Lipinski definition) is 5. The molecule has 10 heteroatoms. The van der Waals surface area contributed by atoms with Crippen LogP contribution in [-0.2, 0) is 4.79 Å². The smallest absolute Gasteiger partial charge is 0.353 e. The zero-order valence-electron chi connectivity index (χ0n) is 10.7. The van der Waals surface area contributed by atoms with Crippen molar-refractivity contribution < 1.29 is 19.5 Å². The molecule has 20 heavy (non-hydrogen) atoms. The number of hydrogen-bond acceptors (Lipinski definition) is 5. The highest BCUT2D eigenvalue weighted by molar-refractivity contribution is 7.98. The summed E-state index contributed by atoms with van der Waals surface area (Å²) in [4.78, 5) is 33.4. The minimum Gasteiger partial charge on any atom is -0.477 e. The average Bonchev–Trinajstić information content (AvgIpc) is 2.82. The number of nitrogens with zero attached hydrogens (tertiary/aromatic N) is 1. The number of carboxylic acids is 1. The molecule has 0 saturated heterocycles. The third-order valence-electron chi connectivity index (χ3n) is 2.30. The van der Waals surface area contributed by atoms with Gasteiger partial charge in [-0.15, -0.1) is 0 Å². The Kier molecular flexibility index (Phi) is 5.84. The number of carboxylic acid groups (broad SMARTS) is 1. The number of carbonyl (C=O) groups excluding carboxylic acids is 2. The van der Waals surface area contributed by atoms with Crippen molar-refractivity contribution in [3.63, 3.8) is 0 Å². The van der Waals surface area contributed by atoms with Crippen molar-refractivity contribution in [1.29, 1.82) is 0 Å². The Bertz CT molecular complexity index is 504. The number of rotatable bonds is 7. The highest BCUT2D eigenvalue weighted by Gasteiger charge is 2.20. The molecule has 0 aromatic carbocycles. The normalized spacial score (nSPS) is 11.7. The quantitative estimate of drug-likeness (QED) is 0.472. The van der Waals surface area contributed by atoms with Gasteiger partial charge in [-0.05, 0) is 18.4 Å². The van der Waals surface area contributed by atoms with Gasteiger partial charge in [0.05, 0.1) is 0 Å². The Labute approximate surface area is 118 Å². The number of nitrogens with one attached hydrogen (secondary N) is 3. The van der Waals surface area contributed by atoms with Crippen molar-refractivity contribution in [1.82, 2.24) is 15.5 Å². The van der Waals surface area contributed by atoms with Gasteiger partial charge in [0.2, 0.25) is 5.91 Å². The van der Waals surface area contributed by atoms with Crippen LogP contribution in [0.3, 0.4) is 0 Å². The molecule has 0 radical (unpaired) electrons. The minimum absolute atomic E-state index is 0.0628. The van der Waals surface area contributed by atoms with E-state index in [1.807, 2.05) is 6.26 Å². The molecule has 110 valence electrons. The van der Waals surface area contributed by atoms with E-state index in [1.165, 1.54) is 17.8 Å². The van der Waals surface area contributed by atoms with E-state index in [1.54, 1.807) is 0 Å². The van der Waals surface area contributed by atoms with Crippen LogP contribution >= 0.6 is 11.8 Å². The standard InChI is InChI=1S/C10H15N5O4S/c1-20-3-2-5(12-10(11)19)8(16)13-7-4-6(9(17)18)14-15-7/h4-5H,2-3H2,1H3,(H,17,18)(H3,11,12,19)(H2,13,14,15,16). The van der Waals surface area contributed by atoms with Gasteiger partial charge in [-0.1, -0.05) is 0 Å². The summed E-state index contributed by atoms with van der Waals surface area (Å²) in [5.41, 5.74) is 4.85. The van der Waals surface area contributed by atoms with Crippen molar-refractivity contribution in [2.45, 2.75) is 12.5 Å². The first-order valence-electron chi connectivity index (χ1n) is 5.58. The van der Waals surface area contributed by atoms with E-state index >= 15 is 0 Å². The molecule has 1 rings (SSSR count). The number of aromatic nitrogens is 2. The lowest BCUT2D eigenvalue weighted by molar-refractivity contribution is -0.118. The Hall–Kier alpha value is -2.23. The Morgan fingerprint density at radius 2 is 2.25 bits per heavy atom. The number of aromatic amines is 1. The van der Waals surface area contributed by atoms with Crippen LogP contribution in [-0.4, -0.2) is 51.3 Å². The van der Waals surface area contributed by atoms with Crippen molar-refractivity contribution in [2.75, 3.05) is 17.3 Å². The van der Waals surface area contributed by atoms with Gasteiger partial charge in [0.1, 0.15) is 11.7 Å². The molecule has 0 aliphatic carbocycles. The summed E-state index contributed by atoms with van der Waals surface area (Å²) < 4.78 is 0. The predicted octanol–water partition coefficient (Wildman–Crippen LogP) is -0.164. The van der Waals surface area contributed by atoms with Crippen LogP contribution in [0.5, 0.6) is 0 Å². The molecule has 1 atom stereocenters. The second kappa shape index (κ2) is 7.38. The maximum atomic E-state index is 11.9. The first-order valence-corrected chi connectivity index (χ1v) is 6.98. The van der Waals surface area contributed by atoms with Crippen LogP contribution in [0.15, 0.2) is 6.07 Å². The molecule has 0 aliphatic heterocycles. The topological polar surface area (TPSA) is 150 Å². The van der Waals surface area contributed by atoms with Crippen molar-refractivity contribution in [3.8, 4) is 0 Å². The first-order chi connectivity index (χ1) is 9.43. The molecule has 0 saturated carbocycles. The predicted molar refractivity (Wildman–Crippen MR) is 73.7 cm³/mol. The van der Waals surface area contributed by atoms with Crippen LogP contribution in [0.25, 0.3) is 0 Å². The number of carbonyl (C=O) groups is 3. The van der Waals surface area contributed by atoms with Crippen LogP contribution in [0.1, 0.15) is 16.9 Å². The van der Waals surface area contributed by atoms with E-state index in [9.17, 15) is 14.4 Å². The number of urea groups is 1. The molecule has 9 nitrogen and oxygen atoms in total. The van der Waals surface area contributed by atoms with Crippen LogP contribution < -0.4 is 16.4 Å². The fourth-order valence-corrected chi connectivity index (χ4v) is 1.86. The first kappa shape index (κ1) is 15.8. The SMILES string of the molecule is CSCCC(NC(N)=O)C(=O)Nc1cc(C(=O)O)[nH]n1. The molecule has 0 bridgehead atoms. The van der Waals surface area contributed by atoms with Crippen LogP contribution in [0.2, 0.25) is 0 Å². The minimum atomic E-state index is -1.19. The van der Waals surface area contributed by atoms with Crippen molar-refractivity contribution in [3.05, 3.63) is 11.8 Å². The van der Waals surface area contributed by atoms with Gasteiger partial charge in [-0.25, -0.2) is 9.59 Å². The fourth-order valence-electron chi connectivity index (χ4n) is 1.38. The van der Waals surface area contributed by atoms with Crippen molar-refractivity contribution in [2.24, 2.45) is 5.73 Å². The Balaban J connectivity index is 2.68. The van der Waals surface area contributed by atoms with E-state index in [0.29, 0.717) is 12.2 Å². The van der Waals surface area contributed by atoms with E-state index < -0.39 is 23.9 Å². The molecule has 1 heterocycles. The summed E-state index contributed by atoms with van der Waals surface area (Å²) >= 11 is 1.52. The lowest BCUT2D eigenvalue weighted by atomic mass is 10.2. The van der Waals surface area contributed by atoms with Crippen LogP contribution in [0.4, 0.5) is 10.6 Å². The summed E-state index contributed by atoms with van der Waals surface area (Å²) in [6.07, 6.45) is 2.26. The van der Waals surface area contributed by atoms with Gasteiger partial charge in [-0.3, -0.25) is 9.89 Å². The molecule has 6 N–H and O–H groups in total. The van der Waals surface area contributed by atoms with Crippen LogP contribution in [0, 0.1) is 0 Å². The van der Waals surface area contributed by atoms with Gasteiger partial charge in [-0.2, -0.15) is 16.9 Å². The highest BCUT2D eigenvalue weighted by Crippen LogP contribution is 2.08. The number of nitrogens with two attached hydrogens (primary N) is 1. The maximum absolute atomic E-state index is 11.9. The number of aromatic carboxylic acids is 1. The van der Waals surface area contributed by atoms with E-state index in [-0.39, 0.29) is 11.5 Å². The van der Waals surface area contributed by atoms with E-state index in [0.717, 1.165) is 0 Å². The van der Waals surface area contributed by atoms with Crippen molar-refractivity contribution >= 4 is 35.5 Å². The number of amides is 3. The van der Waals surface area contributed by atoms with Gasteiger partial charge in [0.15, 0.2) is 5.82 Å². The highest BCUT2D eigenvalue weighted by atomic mass is 32.2. The molecular formula is C10H15N5O4S. The summed E-state index contributed by atoms with van der Waals surface area (Å²) in [5, 5.41) is 19.3. The summed E-state index contributed by atoms with van der Waals surface area (Å²) in [5.74, 6) is -0.986. The second-order valence-electron chi connectivity index (χ2n) is 3.80. The second-order valence-corrected chi connectivity index (χ2v) is 4.79. The molecule has 3 amide bonds. The van der Waals surface area contributed by atoms with Gasteiger partial charge in [0.25, 0.3) is 0 Å². The molecule has 1 aromatic rings. The van der Waals surface area contributed by atoms with E-state index in [4.69, 9.17) is 10.8 Å². The largest absolute Gasteiger partial charge is 0.477 e. The number of anilines is 1. The third-order valence-corrected chi connectivity index (χ3v) is 2.95. The summed E-state index contributed by atoms with van der Waals surface area (Å²) in [7, 11) is 0. The lowest BCUT2D eigenvalue weighted by Crippen LogP contribution is -2.46. The Morgan fingerprint density at radius 3 is 2.75 bits per heavy atom. The van der Waals surface area contributed by atoms with Gasteiger partial charge >= 0.3 is 12.0 Å². The lowest BCUT2D eigenvalue weighted by Gasteiger charge is -2.15. The molecule has 0 fully saturated rings. The zero-order valence-corrected chi connectivity index (χ0v) is 11.5. The maximum Gasteiger partial charge on any atom is 0.353 e. The Morgan fingerprint density at radius 1 is 1.55 bits per heavy atom. The third kappa shape index (κ3) is 4.80. The monoisotopic (exact) mass is 301 g/mol.